The van der Waals surface area contributed by atoms with Crippen LogP contribution in [0.25, 0.3) is 22.6 Å². The highest BCUT2D eigenvalue weighted by atomic mass is 16.5. The average molecular weight is 377 g/mol. The molecule has 4 heteroatoms. The number of hydrogen-bond acceptors (Lipinski definition) is 4. The Balaban J connectivity index is 1.58. The Morgan fingerprint density at radius 2 is 1.61 bits per heavy atom. The van der Waals surface area contributed by atoms with Crippen LogP contribution in [0.5, 0.6) is 5.75 Å². The second-order valence-corrected chi connectivity index (χ2v) is 7.00. The molecule has 4 nitrogen and oxygen atoms in total. The fourth-order valence-electron chi connectivity index (χ4n) is 3.03. The number of carbonyl (C=O) groups is 1. The lowest BCUT2D eigenvalue weighted by Crippen LogP contribution is -1.97. The maximum absolute atomic E-state index is 11.4. The first-order valence-electron chi connectivity index (χ1n) is 9.98. The Labute approximate surface area is 166 Å². The molecule has 0 saturated carbocycles. The smallest absolute Gasteiger partial charge is 0.167 e. The first-order chi connectivity index (χ1) is 13.7. The molecule has 0 atom stereocenters. The third-order valence-corrected chi connectivity index (χ3v) is 4.75. The van der Waals surface area contributed by atoms with Crippen LogP contribution in [0.4, 0.5) is 0 Å². The number of unbranched alkanes of at least 4 members (excludes halogenated alkanes) is 4. The molecule has 0 N–H and O–H groups in total. The fraction of sp³-hybridized carbons (Fsp3) is 0.333. The molecule has 0 aliphatic carbocycles. The van der Waals surface area contributed by atoms with Crippen LogP contribution in [0.3, 0.4) is 0 Å². The van der Waals surface area contributed by atoms with E-state index in [9.17, 15) is 4.79 Å². The molecular weight excluding hydrogens is 350 g/mol. The topological polar surface area (TPSA) is 52.3 Å². The van der Waals surface area contributed by atoms with Gasteiger partial charge < -0.3 is 9.26 Å². The number of Topliss-reactive ketones (excluding diaryl/α,β-unsaturated/α-hetero) is 1. The van der Waals surface area contributed by atoms with Crippen molar-refractivity contribution in [1.82, 2.24) is 5.16 Å². The van der Waals surface area contributed by atoms with Crippen LogP contribution in [0, 0.1) is 0 Å². The van der Waals surface area contributed by atoms with Crippen molar-refractivity contribution < 1.29 is 14.1 Å². The lowest BCUT2D eigenvalue weighted by molar-refractivity contribution is 0.101. The Hall–Kier alpha value is -2.88. The van der Waals surface area contributed by atoms with E-state index in [0.717, 1.165) is 35.6 Å². The van der Waals surface area contributed by atoms with Crippen LogP contribution in [0.15, 0.2) is 59.1 Å². The summed E-state index contributed by atoms with van der Waals surface area (Å²) in [4.78, 5) is 11.4. The van der Waals surface area contributed by atoms with E-state index in [2.05, 4.69) is 12.1 Å². The van der Waals surface area contributed by atoms with Crippen LogP contribution in [-0.2, 0) is 0 Å². The van der Waals surface area contributed by atoms with Gasteiger partial charge >= 0.3 is 0 Å². The first-order valence-corrected chi connectivity index (χ1v) is 9.98. The molecule has 1 heterocycles. The van der Waals surface area contributed by atoms with E-state index >= 15 is 0 Å². The SMILES string of the molecule is CCCCCCCOc1ccc(-c2cc(-c3ccc(C(C)=O)cc3)no2)cc1. The predicted octanol–water partition coefficient (Wildman–Crippen LogP) is 6.56. The van der Waals surface area contributed by atoms with Gasteiger partial charge in [-0.15, -0.1) is 0 Å². The van der Waals surface area contributed by atoms with Gasteiger partial charge in [-0.25, -0.2) is 0 Å². The van der Waals surface area contributed by atoms with Crippen molar-refractivity contribution in [2.75, 3.05) is 6.61 Å². The molecule has 3 rings (SSSR count). The number of ketones is 1. The summed E-state index contributed by atoms with van der Waals surface area (Å²) in [5.74, 6) is 1.63. The second kappa shape index (κ2) is 9.88. The quantitative estimate of drug-likeness (QED) is 0.296. The molecule has 0 spiro atoms. The lowest BCUT2D eigenvalue weighted by atomic mass is 10.1. The molecule has 0 aliphatic rings. The fourth-order valence-corrected chi connectivity index (χ4v) is 3.03. The minimum Gasteiger partial charge on any atom is -0.494 e. The van der Waals surface area contributed by atoms with Gasteiger partial charge in [-0.2, -0.15) is 0 Å². The maximum atomic E-state index is 11.4. The van der Waals surface area contributed by atoms with Crippen LogP contribution in [-0.4, -0.2) is 17.5 Å². The van der Waals surface area contributed by atoms with Gasteiger partial charge in [-0.1, -0.05) is 62.0 Å². The van der Waals surface area contributed by atoms with Crippen molar-refractivity contribution in [2.24, 2.45) is 0 Å². The van der Waals surface area contributed by atoms with E-state index in [1.807, 2.05) is 42.5 Å². The summed E-state index contributed by atoms with van der Waals surface area (Å²) in [6.45, 7) is 4.54. The molecule has 0 unspecified atom stereocenters. The number of carbonyl (C=O) groups excluding carboxylic acids is 1. The van der Waals surface area contributed by atoms with Crippen molar-refractivity contribution in [1.29, 1.82) is 0 Å². The predicted molar refractivity (Wildman–Crippen MR) is 112 cm³/mol. The molecule has 146 valence electrons. The zero-order valence-electron chi connectivity index (χ0n) is 16.6. The number of rotatable bonds is 10. The minimum atomic E-state index is 0.0515. The third kappa shape index (κ3) is 5.32. The Morgan fingerprint density at radius 1 is 0.929 bits per heavy atom. The molecule has 1 aromatic heterocycles. The second-order valence-electron chi connectivity index (χ2n) is 7.00. The Kier molecular flexibility index (Phi) is 7.01. The monoisotopic (exact) mass is 377 g/mol. The summed E-state index contributed by atoms with van der Waals surface area (Å²) in [6, 6.07) is 17.2. The number of hydrogen-bond donors (Lipinski definition) is 0. The highest BCUT2D eigenvalue weighted by Gasteiger charge is 2.09. The van der Waals surface area contributed by atoms with Crippen LogP contribution in [0.1, 0.15) is 56.3 Å². The van der Waals surface area contributed by atoms with Gasteiger partial charge in [0.05, 0.1) is 6.61 Å². The number of benzene rings is 2. The third-order valence-electron chi connectivity index (χ3n) is 4.75. The summed E-state index contributed by atoms with van der Waals surface area (Å²) in [5, 5.41) is 4.15. The van der Waals surface area contributed by atoms with E-state index in [1.54, 1.807) is 19.1 Å². The molecule has 0 fully saturated rings. The van der Waals surface area contributed by atoms with Gasteiger partial charge in [0.15, 0.2) is 11.5 Å². The maximum Gasteiger partial charge on any atom is 0.167 e. The molecular formula is C24H27NO3. The van der Waals surface area contributed by atoms with E-state index in [0.29, 0.717) is 11.3 Å². The van der Waals surface area contributed by atoms with E-state index in [-0.39, 0.29) is 5.78 Å². The number of aromatic nitrogens is 1. The normalized spacial score (nSPS) is 10.8. The summed E-state index contributed by atoms with van der Waals surface area (Å²) in [5.41, 5.74) is 3.31. The van der Waals surface area contributed by atoms with Crippen molar-refractivity contribution in [3.8, 4) is 28.3 Å². The zero-order valence-corrected chi connectivity index (χ0v) is 16.6. The van der Waals surface area contributed by atoms with Crippen molar-refractivity contribution in [3.05, 3.63) is 60.2 Å². The van der Waals surface area contributed by atoms with Crippen molar-refractivity contribution in [3.63, 3.8) is 0 Å². The number of ether oxygens (including phenoxy) is 1. The van der Waals surface area contributed by atoms with Gasteiger partial charge in [0, 0.05) is 22.8 Å². The van der Waals surface area contributed by atoms with Gasteiger partial charge in [0.1, 0.15) is 11.4 Å². The Morgan fingerprint density at radius 3 is 2.29 bits per heavy atom. The van der Waals surface area contributed by atoms with Crippen LogP contribution < -0.4 is 4.74 Å². The van der Waals surface area contributed by atoms with E-state index in [1.165, 1.54) is 25.7 Å². The van der Waals surface area contributed by atoms with E-state index in [4.69, 9.17) is 9.26 Å². The molecule has 0 radical (unpaired) electrons. The van der Waals surface area contributed by atoms with Crippen LogP contribution >= 0.6 is 0 Å². The molecule has 2 aromatic carbocycles. The van der Waals surface area contributed by atoms with Gasteiger partial charge in [0.25, 0.3) is 0 Å². The lowest BCUT2D eigenvalue weighted by Gasteiger charge is -2.06. The molecule has 0 bridgehead atoms. The van der Waals surface area contributed by atoms with Crippen molar-refractivity contribution in [2.45, 2.75) is 46.0 Å². The molecule has 0 aliphatic heterocycles. The number of nitrogens with zero attached hydrogens (tertiary/aromatic N) is 1. The summed E-state index contributed by atoms with van der Waals surface area (Å²) in [6.07, 6.45) is 6.16. The average Bonchev–Trinajstić information content (AvgIpc) is 3.21. The van der Waals surface area contributed by atoms with Crippen LogP contribution in [0.2, 0.25) is 0 Å². The largest absolute Gasteiger partial charge is 0.494 e. The van der Waals surface area contributed by atoms with Crippen molar-refractivity contribution >= 4 is 5.78 Å². The summed E-state index contributed by atoms with van der Waals surface area (Å²) >= 11 is 0. The first kappa shape index (κ1) is 19.9. The highest BCUT2D eigenvalue weighted by molar-refractivity contribution is 5.94. The van der Waals surface area contributed by atoms with Gasteiger partial charge in [-0.3, -0.25) is 4.79 Å². The molecule has 28 heavy (non-hydrogen) atoms. The minimum absolute atomic E-state index is 0.0515. The summed E-state index contributed by atoms with van der Waals surface area (Å²) in [7, 11) is 0. The van der Waals surface area contributed by atoms with Gasteiger partial charge in [0.2, 0.25) is 0 Å². The molecule has 3 aromatic rings. The van der Waals surface area contributed by atoms with E-state index < -0.39 is 0 Å². The molecule has 0 amide bonds. The standard InChI is InChI=1S/C24H27NO3/c1-3-4-5-6-7-16-27-22-14-12-21(13-15-22)24-17-23(25-28-24)20-10-8-19(9-11-20)18(2)26/h8-15,17H,3-7,16H2,1-2H3. The Bertz CT molecular complexity index is 879. The van der Waals surface area contributed by atoms with Gasteiger partial charge in [-0.05, 0) is 37.6 Å². The molecule has 0 saturated heterocycles. The zero-order chi connectivity index (χ0) is 19.8. The highest BCUT2D eigenvalue weighted by Crippen LogP contribution is 2.27. The summed E-state index contributed by atoms with van der Waals surface area (Å²) < 4.78 is 11.3.